The first kappa shape index (κ1) is 23.8. The van der Waals surface area contributed by atoms with Crippen LogP contribution in [0.1, 0.15) is 41.3 Å². The standard InChI is InChI=1S/C26H24F3N5O2/c1-16-13-33(15-30-16)21-6-4-17(10-22(21)36-2)5-7-23-31-25-26(14-35,8-3-9-34(25)32-23)18-11-19(27)24(29)20(28)12-18/h4-7,10-13,15,35H,3,8-9,14H2,1-2H3/b7-5+/t26-/m0/s1. The van der Waals surface area contributed by atoms with E-state index in [9.17, 15) is 18.3 Å². The number of nitrogens with zero attached hydrogens (tertiary/aromatic N) is 5. The lowest BCUT2D eigenvalue weighted by Crippen LogP contribution is -2.39. The van der Waals surface area contributed by atoms with E-state index in [4.69, 9.17) is 4.74 Å². The van der Waals surface area contributed by atoms with E-state index >= 15 is 0 Å². The predicted molar refractivity (Wildman–Crippen MR) is 127 cm³/mol. The molecule has 3 heterocycles. The molecule has 1 atom stereocenters. The van der Waals surface area contributed by atoms with Crippen molar-refractivity contribution in [2.45, 2.75) is 31.7 Å². The molecule has 0 saturated carbocycles. The molecule has 5 rings (SSSR count). The molecule has 0 bridgehead atoms. The second kappa shape index (κ2) is 9.27. The number of benzene rings is 2. The van der Waals surface area contributed by atoms with Crippen LogP contribution < -0.4 is 4.74 Å². The van der Waals surface area contributed by atoms with Gasteiger partial charge >= 0.3 is 0 Å². The molecular formula is C26H24F3N5O2. The van der Waals surface area contributed by atoms with Crippen LogP contribution in [0.5, 0.6) is 5.75 Å². The van der Waals surface area contributed by atoms with Crippen molar-refractivity contribution in [1.82, 2.24) is 24.3 Å². The Morgan fingerprint density at radius 1 is 1.14 bits per heavy atom. The number of aryl methyl sites for hydroxylation is 2. The maximum absolute atomic E-state index is 14.0. The van der Waals surface area contributed by atoms with Crippen molar-refractivity contribution in [3.05, 3.63) is 88.8 Å². The summed E-state index contributed by atoms with van der Waals surface area (Å²) in [4.78, 5) is 8.83. The molecular weight excluding hydrogens is 471 g/mol. The quantitative estimate of drug-likeness (QED) is 0.400. The summed E-state index contributed by atoms with van der Waals surface area (Å²) in [5.74, 6) is -2.75. The number of ether oxygens (including phenoxy) is 1. The Morgan fingerprint density at radius 3 is 2.58 bits per heavy atom. The largest absolute Gasteiger partial charge is 0.495 e. The lowest BCUT2D eigenvalue weighted by Gasteiger charge is -2.35. The van der Waals surface area contributed by atoms with Gasteiger partial charge in [0.25, 0.3) is 0 Å². The summed E-state index contributed by atoms with van der Waals surface area (Å²) in [6.07, 6.45) is 8.16. The first-order valence-corrected chi connectivity index (χ1v) is 11.4. The molecule has 0 unspecified atom stereocenters. The number of halogens is 3. The SMILES string of the molecule is COc1cc(/C=C/c2nc3n(n2)CCC[C@]3(CO)c2cc(F)c(F)c(F)c2)ccc1-n1cnc(C)c1. The van der Waals surface area contributed by atoms with E-state index in [0.717, 1.165) is 29.1 Å². The van der Waals surface area contributed by atoms with Gasteiger partial charge in [-0.1, -0.05) is 12.1 Å². The van der Waals surface area contributed by atoms with E-state index in [0.29, 0.717) is 36.8 Å². The highest BCUT2D eigenvalue weighted by Crippen LogP contribution is 2.40. The topological polar surface area (TPSA) is 78.0 Å². The average molecular weight is 496 g/mol. The molecule has 1 N–H and O–H groups in total. The van der Waals surface area contributed by atoms with Gasteiger partial charge in [0.1, 0.15) is 11.6 Å². The maximum Gasteiger partial charge on any atom is 0.194 e. The number of aliphatic hydroxyl groups is 1. The van der Waals surface area contributed by atoms with Crippen molar-refractivity contribution >= 4 is 12.2 Å². The number of aromatic nitrogens is 5. The highest BCUT2D eigenvalue weighted by Gasteiger charge is 2.42. The van der Waals surface area contributed by atoms with Crippen molar-refractivity contribution in [3.63, 3.8) is 0 Å². The second-order valence-electron chi connectivity index (χ2n) is 8.80. The molecule has 36 heavy (non-hydrogen) atoms. The predicted octanol–water partition coefficient (Wildman–Crippen LogP) is 4.44. The van der Waals surface area contributed by atoms with Gasteiger partial charge in [-0.3, -0.25) is 0 Å². The van der Waals surface area contributed by atoms with Crippen LogP contribution in [0.25, 0.3) is 17.8 Å². The summed E-state index contributed by atoms with van der Waals surface area (Å²) in [6, 6.07) is 7.55. The van der Waals surface area contributed by atoms with Crippen LogP contribution in [0.3, 0.4) is 0 Å². The fraction of sp³-hybridized carbons (Fsp3) is 0.269. The molecule has 2 aromatic heterocycles. The van der Waals surface area contributed by atoms with E-state index in [1.165, 1.54) is 0 Å². The maximum atomic E-state index is 14.0. The van der Waals surface area contributed by atoms with E-state index in [1.807, 2.05) is 42.0 Å². The molecule has 1 aliphatic rings. The number of hydrogen-bond acceptors (Lipinski definition) is 5. The van der Waals surface area contributed by atoms with Crippen molar-refractivity contribution in [1.29, 1.82) is 0 Å². The zero-order valence-corrected chi connectivity index (χ0v) is 19.8. The van der Waals surface area contributed by atoms with Crippen LogP contribution in [-0.2, 0) is 12.0 Å². The van der Waals surface area contributed by atoms with Crippen molar-refractivity contribution in [3.8, 4) is 11.4 Å². The molecule has 0 fully saturated rings. The summed E-state index contributed by atoms with van der Waals surface area (Å²) in [7, 11) is 1.59. The van der Waals surface area contributed by atoms with Gasteiger partial charge in [0.2, 0.25) is 0 Å². The Labute approximate surface area is 205 Å². The van der Waals surface area contributed by atoms with E-state index in [2.05, 4.69) is 15.1 Å². The minimum absolute atomic E-state index is 0.125. The van der Waals surface area contributed by atoms with E-state index in [-0.39, 0.29) is 5.56 Å². The van der Waals surface area contributed by atoms with Gasteiger partial charge in [-0.2, -0.15) is 5.10 Å². The average Bonchev–Trinajstić information content (AvgIpc) is 3.51. The zero-order chi connectivity index (χ0) is 25.4. The first-order chi connectivity index (χ1) is 17.3. The Morgan fingerprint density at radius 2 is 1.92 bits per heavy atom. The molecule has 1 aliphatic heterocycles. The van der Waals surface area contributed by atoms with E-state index < -0.39 is 29.5 Å². The summed E-state index contributed by atoms with van der Waals surface area (Å²) < 4.78 is 50.7. The Kier molecular flexibility index (Phi) is 6.13. The van der Waals surface area contributed by atoms with Crippen molar-refractivity contribution in [2.24, 2.45) is 0 Å². The number of methoxy groups -OCH3 is 1. The normalized spacial score (nSPS) is 17.5. The zero-order valence-electron chi connectivity index (χ0n) is 19.8. The van der Waals surface area contributed by atoms with Crippen LogP contribution >= 0.6 is 0 Å². The Bertz CT molecular complexity index is 1440. The monoisotopic (exact) mass is 495 g/mol. The lowest BCUT2D eigenvalue weighted by atomic mass is 9.74. The second-order valence-corrected chi connectivity index (χ2v) is 8.80. The fourth-order valence-electron chi connectivity index (χ4n) is 4.66. The molecule has 186 valence electrons. The summed E-state index contributed by atoms with van der Waals surface area (Å²) in [5.41, 5.74) is 1.51. The molecule has 2 aromatic carbocycles. The molecule has 10 heteroatoms. The smallest absolute Gasteiger partial charge is 0.194 e. The molecule has 4 aromatic rings. The third-order valence-electron chi connectivity index (χ3n) is 6.51. The molecule has 0 saturated heterocycles. The molecule has 0 radical (unpaired) electrons. The van der Waals surface area contributed by atoms with Gasteiger partial charge in [0, 0.05) is 12.7 Å². The van der Waals surface area contributed by atoms with Crippen molar-refractivity contribution < 1.29 is 23.0 Å². The van der Waals surface area contributed by atoms with Gasteiger partial charge in [-0.15, -0.1) is 0 Å². The number of imidazole rings is 1. The summed E-state index contributed by atoms with van der Waals surface area (Å²) >= 11 is 0. The van der Waals surface area contributed by atoms with Gasteiger partial charge in [0.15, 0.2) is 23.3 Å². The fourth-order valence-corrected chi connectivity index (χ4v) is 4.66. The molecule has 0 amide bonds. The Hall–Kier alpha value is -3.92. The van der Waals surface area contributed by atoms with Crippen LogP contribution in [0.15, 0.2) is 42.9 Å². The highest BCUT2D eigenvalue weighted by atomic mass is 19.2. The van der Waals surface area contributed by atoms with Crippen LogP contribution in [0.2, 0.25) is 0 Å². The number of fused-ring (bicyclic) bond motifs is 1. The Balaban J connectivity index is 1.48. The molecule has 7 nitrogen and oxygen atoms in total. The minimum Gasteiger partial charge on any atom is -0.495 e. The third-order valence-corrected chi connectivity index (χ3v) is 6.51. The summed E-state index contributed by atoms with van der Waals surface area (Å²) in [6.45, 7) is 1.99. The van der Waals surface area contributed by atoms with Crippen LogP contribution in [0.4, 0.5) is 13.2 Å². The summed E-state index contributed by atoms with van der Waals surface area (Å²) in [5, 5.41) is 14.8. The highest BCUT2D eigenvalue weighted by molar-refractivity contribution is 5.69. The van der Waals surface area contributed by atoms with Gasteiger partial charge in [-0.05, 0) is 61.2 Å². The van der Waals surface area contributed by atoms with Crippen LogP contribution in [0, 0.1) is 24.4 Å². The van der Waals surface area contributed by atoms with Crippen molar-refractivity contribution in [2.75, 3.05) is 13.7 Å². The lowest BCUT2D eigenvalue weighted by molar-refractivity contribution is 0.180. The van der Waals surface area contributed by atoms with Gasteiger partial charge in [0.05, 0.1) is 36.8 Å². The third kappa shape index (κ3) is 4.07. The molecule has 0 spiro atoms. The first-order valence-electron chi connectivity index (χ1n) is 11.4. The number of aliphatic hydroxyl groups excluding tert-OH is 1. The van der Waals surface area contributed by atoms with Gasteiger partial charge in [-0.25, -0.2) is 27.8 Å². The van der Waals surface area contributed by atoms with E-state index in [1.54, 1.807) is 24.2 Å². The minimum atomic E-state index is -1.54. The van der Waals surface area contributed by atoms with Gasteiger partial charge < -0.3 is 14.4 Å². The number of hydrogen-bond donors (Lipinski definition) is 1. The van der Waals surface area contributed by atoms with Crippen LogP contribution in [-0.4, -0.2) is 43.1 Å². The molecule has 0 aliphatic carbocycles. The number of rotatable bonds is 6.